The first kappa shape index (κ1) is 16.7. The Hall–Kier alpha value is -1.13. The zero-order chi connectivity index (χ0) is 16.2. The van der Waals surface area contributed by atoms with Gasteiger partial charge in [-0.3, -0.25) is 14.8 Å². The summed E-state index contributed by atoms with van der Waals surface area (Å²) in [5, 5.41) is 0. The lowest BCUT2D eigenvalue weighted by molar-refractivity contribution is 0.131. The average molecular weight is 317 g/mol. The number of nitrogens with zero attached hydrogens (tertiary/aromatic N) is 3. The lowest BCUT2D eigenvalue weighted by Gasteiger charge is -2.34. The maximum atomic E-state index is 5.33. The normalized spacial score (nSPS) is 23.9. The van der Waals surface area contributed by atoms with E-state index in [2.05, 4.69) is 34.7 Å². The number of rotatable bonds is 6. The minimum atomic E-state index is 0.670. The van der Waals surface area contributed by atoms with E-state index in [0.717, 1.165) is 30.5 Å². The molecule has 1 aromatic rings. The van der Waals surface area contributed by atoms with E-state index in [4.69, 9.17) is 4.74 Å². The van der Waals surface area contributed by atoms with Crippen molar-refractivity contribution in [3.63, 3.8) is 0 Å². The molecule has 0 amide bonds. The van der Waals surface area contributed by atoms with Gasteiger partial charge in [-0.25, -0.2) is 0 Å². The average Bonchev–Trinajstić information content (AvgIpc) is 3.36. The second-order valence-corrected chi connectivity index (χ2v) is 7.53. The van der Waals surface area contributed by atoms with Crippen molar-refractivity contribution in [2.24, 2.45) is 11.8 Å². The minimum Gasteiger partial charge on any atom is -0.497 e. The third-order valence-electron chi connectivity index (χ3n) is 5.20. The maximum Gasteiger partial charge on any atom is 0.122 e. The summed E-state index contributed by atoms with van der Waals surface area (Å²) >= 11 is 0. The van der Waals surface area contributed by atoms with Gasteiger partial charge < -0.3 is 4.74 Å². The Morgan fingerprint density at radius 1 is 1.30 bits per heavy atom. The van der Waals surface area contributed by atoms with Gasteiger partial charge >= 0.3 is 0 Å². The fourth-order valence-electron chi connectivity index (χ4n) is 3.67. The molecule has 4 nitrogen and oxygen atoms in total. The SMILES string of the molecule is COc1ccnc(CN2CCCN(CC3CC3)[C@@H](C(C)C)C2)c1. The molecule has 23 heavy (non-hydrogen) atoms. The van der Waals surface area contributed by atoms with Crippen LogP contribution in [-0.2, 0) is 6.54 Å². The van der Waals surface area contributed by atoms with Crippen molar-refractivity contribution in [3.05, 3.63) is 24.0 Å². The van der Waals surface area contributed by atoms with Gasteiger partial charge in [-0.05, 0) is 50.3 Å². The molecular formula is C19H31N3O. The van der Waals surface area contributed by atoms with Crippen molar-refractivity contribution in [1.29, 1.82) is 0 Å². The molecule has 1 aromatic heterocycles. The molecule has 0 N–H and O–H groups in total. The highest BCUT2D eigenvalue weighted by molar-refractivity contribution is 5.22. The zero-order valence-corrected chi connectivity index (χ0v) is 14.9. The third kappa shape index (κ3) is 4.67. The van der Waals surface area contributed by atoms with E-state index < -0.39 is 0 Å². The van der Waals surface area contributed by atoms with Crippen LogP contribution in [-0.4, -0.2) is 54.1 Å². The smallest absolute Gasteiger partial charge is 0.122 e. The summed E-state index contributed by atoms with van der Waals surface area (Å²) in [6.07, 6.45) is 6.00. The van der Waals surface area contributed by atoms with Crippen LogP contribution in [0.25, 0.3) is 0 Å². The van der Waals surface area contributed by atoms with Gasteiger partial charge in [0, 0.05) is 37.9 Å². The van der Waals surface area contributed by atoms with E-state index in [1.54, 1.807) is 7.11 Å². The number of hydrogen-bond donors (Lipinski definition) is 0. The van der Waals surface area contributed by atoms with Gasteiger partial charge in [-0.15, -0.1) is 0 Å². The highest BCUT2D eigenvalue weighted by Gasteiger charge is 2.32. The Bertz CT molecular complexity index is 501. The summed E-state index contributed by atoms with van der Waals surface area (Å²) in [5.41, 5.74) is 1.11. The lowest BCUT2D eigenvalue weighted by Crippen LogP contribution is -2.45. The molecule has 0 unspecified atom stereocenters. The molecule has 3 rings (SSSR count). The first-order valence-electron chi connectivity index (χ1n) is 9.11. The van der Waals surface area contributed by atoms with Crippen LogP contribution in [0.3, 0.4) is 0 Å². The number of aromatic nitrogens is 1. The summed E-state index contributed by atoms with van der Waals surface area (Å²) in [4.78, 5) is 9.87. The van der Waals surface area contributed by atoms with Gasteiger partial charge in [0.1, 0.15) is 5.75 Å². The topological polar surface area (TPSA) is 28.6 Å². The molecule has 4 heteroatoms. The van der Waals surface area contributed by atoms with Gasteiger partial charge in [0.05, 0.1) is 12.8 Å². The molecule has 2 aliphatic rings. The van der Waals surface area contributed by atoms with Crippen molar-refractivity contribution in [2.75, 3.05) is 33.3 Å². The summed E-state index contributed by atoms with van der Waals surface area (Å²) in [6, 6.07) is 4.65. The Morgan fingerprint density at radius 3 is 2.83 bits per heavy atom. The van der Waals surface area contributed by atoms with Gasteiger partial charge in [0.15, 0.2) is 0 Å². The Balaban J connectivity index is 1.65. The van der Waals surface area contributed by atoms with E-state index in [9.17, 15) is 0 Å². The van der Waals surface area contributed by atoms with Crippen LogP contribution in [0, 0.1) is 11.8 Å². The first-order chi connectivity index (χ1) is 11.2. The van der Waals surface area contributed by atoms with Gasteiger partial charge in [0.2, 0.25) is 0 Å². The number of hydrogen-bond acceptors (Lipinski definition) is 4. The van der Waals surface area contributed by atoms with Crippen LogP contribution in [0.1, 0.15) is 38.8 Å². The Kier molecular flexibility index (Phi) is 5.54. The van der Waals surface area contributed by atoms with Crippen LogP contribution in [0.5, 0.6) is 5.75 Å². The highest BCUT2D eigenvalue weighted by Crippen LogP contribution is 2.32. The van der Waals surface area contributed by atoms with E-state index in [1.165, 1.54) is 38.9 Å². The monoisotopic (exact) mass is 317 g/mol. The predicted octanol–water partition coefficient (Wildman–Crippen LogP) is 3.03. The van der Waals surface area contributed by atoms with Crippen molar-refractivity contribution < 1.29 is 4.74 Å². The lowest BCUT2D eigenvalue weighted by atomic mass is 10.0. The second kappa shape index (κ2) is 7.63. The molecule has 2 fully saturated rings. The number of pyridine rings is 1. The van der Waals surface area contributed by atoms with E-state index in [-0.39, 0.29) is 0 Å². The summed E-state index contributed by atoms with van der Waals surface area (Å²) in [6.45, 7) is 10.6. The molecule has 0 aromatic carbocycles. The van der Waals surface area contributed by atoms with E-state index in [1.807, 2.05) is 12.3 Å². The largest absolute Gasteiger partial charge is 0.497 e. The zero-order valence-electron chi connectivity index (χ0n) is 14.9. The first-order valence-corrected chi connectivity index (χ1v) is 9.11. The molecule has 0 bridgehead atoms. The van der Waals surface area contributed by atoms with E-state index >= 15 is 0 Å². The highest BCUT2D eigenvalue weighted by atomic mass is 16.5. The number of methoxy groups -OCH3 is 1. The van der Waals surface area contributed by atoms with Crippen LogP contribution >= 0.6 is 0 Å². The Labute approximate surface area is 140 Å². The number of ether oxygens (including phenoxy) is 1. The van der Waals surface area contributed by atoms with Crippen molar-refractivity contribution in [1.82, 2.24) is 14.8 Å². The Morgan fingerprint density at radius 2 is 2.13 bits per heavy atom. The maximum absolute atomic E-state index is 5.33. The van der Waals surface area contributed by atoms with Crippen molar-refractivity contribution in [3.8, 4) is 5.75 Å². The van der Waals surface area contributed by atoms with Crippen molar-refractivity contribution >= 4 is 0 Å². The minimum absolute atomic E-state index is 0.670. The third-order valence-corrected chi connectivity index (χ3v) is 5.20. The predicted molar refractivity (Wildman–Crippen MR) is 93.6 cm³/mol. The summed E-state index contributed by atoms with van der Waals surface area (Å²) in [5.74, 6) is 2.58. The van der Waals surface area contributed by atoms with Crippen LogP contribution < -0.4 is 4.74 Å². The fourth-order valence-corrected chi connectivity index (χ4v) is 3.67. The molecule has 1 saturated heterocycles. The molecule has 0 spiro atoms. The van der Waals surface area contributed by atoms with Gasteiger partial charge in [-0.2, -0.15) is 0 Å². The summed E-state index contributed by atoms with van der Waals surface area (Å²) in [7, 11) is 1.72. The summed E-state index contributed by atoms with van der Waals surface area (Å²) < 4.78 is 5.33. The van der Waals surface area contributed by atoms with E-state index in [0.29, 0.717) is 12.0 Å². The van der Waals surface area contributed by atoms with Gasteiger partial charge in [-0.1, -0.05) is 13.8 Å². The molecule has 1 atom stereocenters. The molecule has 1 saturated carbocycles. The van der Waals surface area contributed by atoms with Gasteiger partial charge in [0.25, 0.3) is 0 Å². The molecule has 128 valence electrons. The van der Waals surface area contributed by atoms with Crippen molar-refractivity contribution in [2.45, 2.75) is 45.7 Å². The van der Waals surface area contributed by atoms with Crippen LogP contribution in [0.15, 0.2) is 18.3 Å². The molecule has 1 aliphatic heterocycles. The molecular weight excluding hydrogens is 286 g/mol. The second-order valence-electron chi connectivity index (χ2n) is 7.53. The van der Waals surface area contributed by atoms with Crippen LogP contribution in [0.2, 0.25) is 0 Å². The molecule has 0 radical (unpaired) electrons. The van der Waals surface area contributed by atoms with Crippen LogP contribution in [0.4, 0.5) is 0 Å². The molecule has 2 heterocycles. The quantitative estimate of drug-likeness (QED) is 0.806. The standard InChI is InChI=1S/C19H31N3O/c1-15(2)19-14-21(9-4-10-22(19)12-16-5-6-16)13-17-11-18(23-3)7-8-20-17/h7-8,11,15-16,19H,4-6,9-10,12-14H2,1-3H3/t19-/m1/s1. The molecule has 1 aliphatic carbocycles. The fraction of sp³-hybridized carbons (Fsp3) is 0.737.